The summed E-state index contributed by atoms with van der Waals surface area (Å²) in [5.41, 5.74) is 1.47. The van der Waals surface area contributed by atoms with Gasteiger partial charge in [0.2, 0.25) is 5.88 Å². The van der Waals surface area contributed by atoms with E-state index in [1.165, 1.54) is 31.4 Å². The molecule has 1 saturated carbocycles. The molecule has 1 aromatic heterocycles. The highest BCUT2D eigenvalue weighted by Crippen LogP contribution is 2.21. The van der Waals surface area contributed by atoms with Gasteiger partial charge in [-0.2, -0.15) is 0 Å². The lowest BCUT2D eigenvalue weighted by Crippen LogP contribution is -2.34. The summed E-state index contributed by atoms with van der Waals surface area (Å²) in [4.78, 5) is 4.21. The standard InChI is InChI=1S/C19H23FN2O2/c20-16-6-4-5-14(11-16)13-24-18-10-9-15(12-21-18)19(23)22-17-7-2-1-3-8-17/h4-6,9-12,17,19,22-23H,1-3,7-8,13H2. The van der Waals surface area contributed by atoms with Crippen molar-refractivity contribution in [3.8, 4) is 5.88 Å². The van der Waals surface area contributed by atoms with Crippen LogP contribution in [0.1, 0.15) is 49.5 Å². The quantitative estimate of drug-likeness (QED) is 0.793. The molecule has 1 fully saturated rings. The molecule has 0 saturated heterocycles. The van der Waals surface area contributed by atoms with E-state index in [0.717, 1.165) is 24.0 Å². The van der Waals surface area contributed by atoms with E-state index in [-0.39, 0.29) is 12.4 Å². The predicted octanol–water partition coefficient (Wildman–Crippen LogP) is 3.71. The molecule has 24 heavy (non-hydrogen) atoms. The number of nitrogens with one attached hydrogen (secondary N) is 1. The molecule has 1 heterocycles. The molecule has 3 rings (SSSR count). The zero-order valence-corrected chi connectivity index (χ0v) is 13.6. The third-order valence-corrected chi connectivity index (χ3v) is 4.35. The number of pyridine rings is 1. The van der Waals surface area contributed by atoms with Crippen LogP contribution in [0.25, 0.3) is 0 Å². The SMILES string of the molecule is OC(NC1CCCCC1)c1ccc(OCc2cccc(F)c2)nc1. The molecule has 1 unspecified atom stereocenters. The first-order chi connectivity index (χ1) is 11.7. The second-order valence-corrected chi connectivity index (χ2v) is 6.25. The van der Waals surface area contributed by atoms with Gasteiger partial charge in [-0.15, -0.1) is 0 Å². The number of nitrogens with zero attached hydrogens (tertiary/aromatic N) is 1. The van der Waals surface area contributed by atoms with Crippen LogP contribution in [-0.2, 0) is 6.61 Å². The van der Waals surface area contributed by atoms with Crippen molar-refractivity contribution in [1.82, 2.24) is 10.3 Å². The summed E-state index contributed by atoms with van der Waals surface area (Å²) in [6.45, 7) is 0.257. The first-order valence-corrected chi connectivity index (χ1v) is 8.48. The first kappa shape index (κ1) is 16.9. The third-order valence-electron chi connectivity index (χ3n) is 4.35. The molecule has 0 aliphatic heterocycles. The van der Waals surface area contributed by atoms with Gasteiger partial charge >= 0.3 is 0 Å². The van der Waals surface area contributed by atoms with Crippen LogP contribution in [0.3, 0.4) is 0 Å². The number of hydrogen-bond donors (Lipinski definition) is 2. The van der Waals surface area contributed by atoms with Crippen LogP contribution in [-0.4, -0.2) is 16.1 Å². The summed E-state index contributed by atoms with van der Waals surface area (Å²) in [6, 6.07) is 10.2. The lowest BCUT2D eigenvalue weighted by Gasteiger charge is -2.25. The number of benzene rings is 1. The first-order valence-electron chi connectivity index (χ1n) is 8.48. The molecule has 0 amide bonds. The zero-order valence-electron chi connectivity index (χ0n) is 13.6. The lowest BCUT2D eigenvalue weighted by atomic mass is 9.95. The maximum Gasteiger partial charge on any atom is 0.213 e. The average Bonchev–Trinajstić information content (AvgIpc) is 2.61. The minimum absolute atomic E-state index is 0.257. The topological polar surface area (TPSA) is 54.4 Å². The van der Waals surface area contributed by atoms with Gasteiger partial charge in [-0.3, -0.25) is 5.32 Å². The van der Waals surface area contributed by atoms with Crippen LogP contribution in [0, 0.1) is 5.82 Å². The summed E-state index contributed by atoms with van der Waals surface area (Å²) < 4.78 is 18.7. The van der Waals surface area contributed by atoms with Crippen molar-refractivity contribution in [1.29, 1.82) is 0 Å². The van der Waals surface area contributed by atoms with E-state index >= 15 is 0 Å². The number of rotatable bonds is 6. The van der Waals surface area contributed by atoms with Crippen LogP contribution >= 0.6 is 0 Å². The summed E-state index contributed by atoms with van der Waals surface area (Å²) >= 11 is 0. The predicted molar refractivity (Wildman–Crippen MR) is 89.9 cm³/mol. The van der Waals surface area contributed by atoms with Gasteiger partial charge < -0.3 is 9.84 Å². The van der Waals surface area contributed by atoms with Gasteiger partial charge in [0.1, 0.15) is 18.7 Å². The van der Waals surface area contributed by atoms with Crippen molar-refractivity contribution in [3.05, 3.63) is 59.5 Å². The van der Waals surface area contributed by atoms with Crippen LogP contribution < -0.4 is 10.1 Å². The Bertz CT molecular complexity index is 642. The Morgan fingerprint density at radius 2 is 2.04 bits per heavy atom. The number of halogens is 1. The minimum atomic E-state index is -0.710. The summed E-state index contributed by atoms with van der Waals surface area (Å²) in [5.74, 6) is 0.171. The van der Waals surface area contributed by atoms with Crippen LogP contribution in [0.15, 0.2) is 42.6 Å². The molecule has 2 N–H and O–H groups in total. The molecule has 2 aromatic rings. The maximum atomic E-state index is 13.1. The molecule has 0 radical (unpaired) electrons. The van der Waals surface area contributed by atoms with Gasteiger partial charge in [-0.1, -0.05) is 31.4 Å². The van der Waals surface area contributed by atoms with E-state index in [0.29, 0.717) is 11.9 Å². The maximum absolute atomic E-state index is 13.1. The third kappa shape index (κ3) is 4.76. The Labute approximate surface area is 141 Å². The minimum Gasteiger partial charge on any atom is -0.473 e. The molecule has 1 aliphatic rings. The normalized spacial score (nSPS) is 16.8. The molecule has 128 valence electrons. The molecular weight excluding hydrogens is 307 g/mol. The zero-order chi connectivity index (χ0) is 16.8. The van der Waals surface area contributed by atoms with Gasteiger partial charge in [0, 0.05) is 23.9 Å². The molecule has 1 aromatic carbocycles. The number of ether oxygens (including phenoxy) is 1. The second kappa shape index (κ2) is 8.22. The van der Waals surface area contributed by atoms with Gasteiger partial charge in [0.05, 0.1) is 0 Å². The van der Waals surface area contributed by atoms with E-state index in [4.69, 9.17) is 4.74 Å². The van der Waals surface area contributed by atoms with Gasteiger partial charge in [0.15, 0.2) is 0 Å². The van der Waals surface area contributed by atoms with Crippen molar-refractivity contribution in [2.24, 2.45) is 0 Å². The van der Waals surface area contributed by atoms with Crippen molar-refractivity contribution < 1.29 is 14.2 Å². The van der Waals surface area contributed by atoms with Gasteiger partial charge in [-0.25, -0.2) is 9.37 Å². The molecule has 1 aliphatic carbocycles. The average molecular weight is 330 g/mol. The Hall–Kier alpha value is -1.98. The number of aliphatic hydroxyl groups excluding tert-OH is 1. The van der Waals surface area contributed by atoms with Crippen molar-refractivity contribution in [2.75, 3.05) is 0 Å². The van der Waals surface area contributed by atoms with Crippen molar-refractivity contribution in [2.45, 2.75) is 51.0 Å². The highest BCUT2D eigenvalue weighted by atomic mass is 19.1. The molecule has 1 atom stereocenters. The van der Waals surface area contributed by atoms with E-state index in [9.17, 15) is 9.50 Å². The number of hydrogen-bond acceptors (Lipinski definition) is 4. The summed E-state index contributed by atoms with van der Waals surface area (Å²) in [5, 5.41) is 13.5. The Kier molecular flexibility index (Phi) is 5.77. The fourth-order valence-corrected chi connectivity index (χ4v) is 3.01. The smallest absolute Gasteiger partial charge is 0.213 e. The highest BCUT2D eigenvalue weighted by molar-refractivity contribution is 5.21. The second-order valence-electron chi connectivity index (χ2n) is 6.25. The van der Waals surface area contributed by atoms with E-state index < -0.39 is 6.23 Å². The van der Waals surface area contributed by atoms with Crippen LogP contribution in [0.4, 0.5) is 4.39 Å². The number of aliphatic hydroxyl groups is 1. The van der Waals surface area contributed by atoms with Crippen molar-refractivity contribution >= 4 is 0 Å². The van der Waals surface area contributed by atoms with Gasteiger partial charge in [-0.05, 0) is 36.6 Å². The molecular formula is C19H23FN2O2. The summed E-state index contributed by atoms with van der Waals surface area (Å²) in [6.07, 6.45) is 6.84. The van der Waals surface area contributed by atoms with Crippen molar-refractivity contribution in [3.63, 3.8) is 0 Å². The lowest BCUT2D eigenvalue weighted by molar-refractivity contribution is 0.113. The summed E-state index contributed by atoms with van der Waals surface area (Å²) in [7, 11) is 0. The Morgan fingerprint density at radius 3 is 2.75 bits per heavy atom. The van der Waals surface area contributed by atoms with E-state index in [1.54, 1.807) is 30.5 Å². The highest BCUT2D eigenvalue weighted by Gasteiger charge is 2.17. The molecule has 4 nitrogen and oxygen atoms in total. The van der Waals surface area contributed by atoms with E-state index in [1.807, 2.05) is 0 Å². The molecule has 5 heteroatoms. The van der Waals surface area contributed by atoms with Crippen LogP contribution in [0.2, 0.25) is 0 Å². The van der Waals surface area contributed by atoms with E-state index in [2.05, 4.69) is 10.3 Å². The Morgan fingerprint density at radius 1 is 1.21 bits per heavy atom. The molecule has 0 spiro atoms. The monoisotopic (exact) mass is 330 g/mol. The fraction of sp³-hybridized carbons (Fsp3) is 0.421. The molecule has 0 bridgehead atoms. The van der Waals surface area contributed by atoms with Crippen LogP contribution in [0.5, 0.6) is 5.88 Å². The largest absolute Gasteiger partial charge is 0.473 e. The number of aromatic nitrogens is 1. The van der Waals surface area contributed by atoms with Gasteiger partial charge in [0.25, 0.3) is 0 Å². The Balaban J connectivity index is 1.52. The fourth-order valence-electron chi connectivity index (χ4n) is 3.01.